The first-order valence-electron chi connectivity index (χ1n) is 13.1. The van der Waals surface area contributed by atoms with Gasteiger partial charge in [0.25, 0.3) is 5.91 Å². The first-order chi connectivity index (χ1) is 22.1. The Bertz CT molecular complexity index is 1810. The lowest BCUT2D eigenvalue weighted by Crippen LogP contribution is -2.49. The van der Waals surface area contributed by atoms with Gasteiger partial charge in [0.1, 0.15) is 29.0 Å². The number of halogens is 13. The normalized spacial score (nSPS) is 13.7. The SMILES string of the molecule is O=C(N[C@@](Cc1ccc(O)cc1)(c1cc(F)cc(OC(F)(F)C(F)F)c1)c1ccc(F)c(C(F)(F)F)c1)c1ccc(F)c(C(F)(F)F)c1. The molecule has 0 saturated heterocycles. The molecule has 0 bridgehead atoms. The summed E-state index contributed by atoms with van der Waals surface area (Å²) >= 11 is 0. The van der Waals surface area contributed by atoms with Gasteiger partial charge >= 0.3 is 24.9 Å². The summed E-state index contributed by atoms with van der Waals surface area (Å²) in [7, 11) is 0. The molecule has 0 saturated carbocycles. The molecule has 0 aromatic heterocycles. The van der Waals surface area contributed by atoms with Gasteiger partial charge in [-0.05, 0) is 71.3 Å². The van der Waals surface area contributed by atoms with Crippen LogP contribution in [0.25, 0.3) is 0 Å². The van der Waals surface area contributed by atoms with Crippen molar-refractivity contribution in [2.75, 3.05) is 0 Å². The number of ether oxygens (including phenoxy) is 1. The molecule has 0 unspecified atom stereocenters. The van der Waals surface area contributed by atoms with Gasteiger partial charge in [-0.3, -0.25) is 4.79 Å². The summed E-state index contributed by atoms with van der Waals surface area (Å²) in [5.74, 6) is -8.45. The molecule has 17 heteroatoms. The van der Waals surface area contributed by atoms with Gasteiger partial charge in [-0.25, -0.2) is 13.2 Å². The standard InChI is InChI=1S/C31H18F13NO3/c32-19-10-18(11-21(13-19)48-31(43,44)27(35)36)28(14-15-1-5-20(46)6-2-15,17-4-8-25(34)23(12-17)30(40,41)42)45-26(47)16-3-7-24(33)22(9-16)29(37,38)39/h1-13,27,46H,14H2,(H,45,47)/t28-/m1/s1. The van der Waals surface area contributed by atoms with E-state index < -0.39 is 93.8 Å². The molecule has 0 radical (unpaired) electrons. The third-order valence-corrected chi connectivity index (χ3v) is 6.90. The second-order valence-electron chi connectivity index (χ2n) is 10.2. The van der Waals surface area contributed by atoms with E-state index in [1.807, 2.05) is 0 Å². The van der Waals surface area contributed by atoms with Crippen LogP contribution >= 0.6 is 0 Å². The monoisotopic (exact) mass is 699 g/mol. The van der Waals surface area contributed by atoms with Crippen LogP contribution in [0, 0.1) is 17.5 Å². The molecule has 4 rings (SSSR count). The van der Waals surface area contributed by atoms with E-state index in [1.165, 1.54) is 0 Å². The number of hydrogen-bond acceptors (Lipinski definition) is 3. The Morgan fingerprint density at radius 1 is 0.708 bits per heavy atom. The van der Waals surface area contributed by atoms with Crippen molar-refractivity contribution < 1.29 is 71.7 Å². The van der Waals surface area contributed by atoms with Gasteiger partial charge in [0.15, 0.2) is 0 Å². The number of amides is 1. The van der Waals surface area contributed by atoms with Crippen molar-refractivity contribution in [3.05, 3.63) is 130 Å². The van der Waals surface area contributed by atoms with Crippen LogP contribution in [0.3, 0.4) is 0 Å². The number of alkyl halides is 10. The van der Waals surface area contributed by atoms with E-state index in [2.05, 4.69) is 10.1 Å². The van der Waals surface area contributed by atoms with Crippen LogP contribution in [0.15, 0.2) is 78.9 Å². The molecule has 0 spiro atoms. The second kappa shape index (κ2) is 12.9. The van der Waals surface area contributed by atoms with Crippen molar-refractivity contribution in [2.24, 2.45) is 0 Å². The lowest BCUT2D eigenvalue weighted by molar-refractivity contribution is -0.253. The summed E-state index contributed by atoms with van der Waals surface area (Å²) in [6.45, 7) is 0. The fraction of sp³-hybridized carbons (Fsp3) is 0.194. The Balaban J connectivity index is 2.06. The average molecular weight is 699 g/mol. The highest BCUT2D eigenvalue weighted by molar-refractivity contribution is 5.95. The van der Waals surface area contributed by atoms with Crippen LogP contribution in [0.5, 0.6) is 11.5 Å². The molecule has 2 N–H and O–H groups in total. The molecule has 48 heavy (non-hydrogen) atoms. The smallest absolute Gasteiger partial charge is 0.461 e. The van der Waals surface area contributed by atoms with Crippen molar-refractivity contribution in [2.45, 2.75) is 36.8 Å². The number of nitrogens with one attached hydrogen (secondary N) is 1. The summed E-state index contributed by atoms with van der Waals surface area (Å²) in [4.78, 5) is 13.6. The van der Waals surface area contributed by atoms with E-state index in [4.69, 9.17) is 0 Å². The minimum Gasteiger partial charge on any atom is -0.508 e. The van der Waals surface area contributed by atoms with Crippen molar-refractivity contribution in [1.82, 2.24) is 5.32 Å². The van der Waals surface area contributed by atoms with E-state index in [9.17, 15) is 67.0 Å². The summed E-state index contributed by atoms with van der Waals surface area (Å²) in [6, 6.07) is 7.35. The molecule has 0 aliphatic heterocycles. The number of rotatable bonds is 9. The molecule has 4 nitrogen and oxygen atoms in total. The first-order valence-corrected chi connectivity index (χ1v) is 13.1. The Hall–Kier alpha value is -4.96. The molecule has 0 aliphatic carbocycles. The van der Waals surface area contributed by atoms with Crippen LogP contribution in [0.4, 0.5) is 57.1 Å². The van der Waals surface area contributed by atoms with Gasteiger partial charge in [-0.1, -0.05) is 18.2 Å². The quantitative estimate of drug-likeness (QED) is 0.172. The van der Waals surface area contributed by atoms with Crippen LogP contribution in [-0.4, -0.2) is 23.5 Å². The summed E-state index contributed by atoms with van der Waals surface area (Å²) < 4.78 is 183. The van der Waals surface area contributed by atoms with Gasteiger partial charge in [0, 0.05) is 18.1 Å². The zero-order chi connectivity index (χ0) is 35.8. The molecule has 4 aromatic rings. The maximum Gasteiger partial charge on any atom is 0.461 e. The molecular formula is C31H18F13NO3. The second-order valence-corrected chi connectivity index (χ2v) is 10.2. The molecule has 4 aromatic carbocycles. The van der Waals surface area contributed by atoms with Gasteiger partial charge in [0.05, 0.1) is 16.7 Å². The Morgan fingerprint density at radius 2 is 1.27 bits per heavy atom. The van der Waals surface area contributed by atoms with E-state index in [0.717, 1.165) is 24.3 Å². The maximum absolute atomic E-state index is 15.0. The molecule has 0 heterocycles. The van der Waals surface area contributed by atoms with Gasteiger partial charge < -0.3 is 15.2 Å². The zero-order valence-electron chi connectivity index (χ0n) is 23.5. The molecule has 1 amide bonds. The van der Waals surface area contributed by atoms with Gasteiger partial charge in [-0.15, -0.1) is 0 Å². The Labute approximate surface area is 261 Å². The summed E-state index contributed by atoms with van der Waals surface area (Å²) in [5.41, 5.74) is -9.14. The molecule has 0 aliphatic rings. The van der Waals surface area contributed by atoms with E-state index >= 15 is 0 Å². The summed E-state index contributed by atoms with van der Waals surface area (Å²) in [6.07, 6.45) is -21.3. The van der Waals surface area contributed by atoms with Crippen molar-refractivity contribution in [1.29, 1.82) is 0 Å². The van der Waals surface area contributed by atoms with Crippen LogP contribution in [0.1, 0.15) is 38.2 Å². The fourth-order valence-corrected chi connectivity index (χ4v) is 4.71. The van der Waals surface area contributed by atoms with Gasteiger partial charge in [0.2, 0.25) is 0 Å². The van der Waals surface area contributed by atoms with Crippen LogP contribution in [-0.2, 0) is 24.3 Å². The number of benzene rings is 4. The predicted molar refractivity (Wildman–Crippen MR) is 141 cm³/mol. The van der Waals surface area contributed by atoms with E-state index in [1.54, 1.807) is 0 Å². The van der Waals surface area contributed by atoms with Crippen LogP contribution in [0.2, 0.25) is 0 Å². The number of phenols is 1. The fourth-order valence-electron chi connectivity index (χ4n) is 4.71. The van der Waals surface area contributed by atoms with Crippen molar-refractivity contribution >= 4 is 5.91 Å². The Kier molecular flexibility index (Phi) is 9.66. The number of carbonyl (C=O) groups is 1. The number of phenolic OH excluding ortho intramolecular Hbond substituents is 1. The number of carbonyl (C=O) groups excluding carboxylic acids is 1. The van der Waals surface area contributed by atoms with Crippen molar-refractivity contribution in [3.63, 3.8) is 0 Å². The third-order valence-electron chi connectivity index (χ3n) is 6.90. The number of aromatic hydroxyl groups is 1. The van der Waals surface area contributed by atoms with Crippen molar-refractivity contribution in [3.8, 4) is 11.5 Å². The minimum absolute atomic E-state index is 0.0225. The number of hydrogen-bond donors (Lipinski definition) is 2. The highest BCUT2D eigenvalue weighted by Gasteiger charge is 2.45. The summed E-state index contributed by atoms with van der Waals surface area (Å²) in [5, 5.41) is 11.9. The highest BCUT2D eigenvalue weighted by Crippen LogP contribution is 2.41. The van der Waals surface area contributed by atoms with Gasteiger partial charge in [-0.2, -0.15) is 43.9 Å². The molecule has 1 atom stereocenters. The third kappa shape index (κ3) is 7.77. The molecule has 256 valence electrons. The topological polar surface area (TPSA) is 58.6 Å². The highest BCUT2D eigenvalue weighted by atomic mass is 19.4. The average Bonchev–Trinajstić information content (AvgIpc) is 2.96. The lowest BCUT2D eigenvalue weighted by Gasteiger charge is -2.37. The predicted octanol–water partition coefficient (Wildman–Crippen LogP) is 9.00. The lowest BCUT2D eigenvalue weighted by atomic mass is 9.77. The molecular weight excluding hydrogens is 681 g/mol. The molecule has 0 fully saturated rings. The van der Waals surface area contributed by atoms with Crippen LogP contribution < -0.4 is 10.1 Å². The largest absolute Gasteiger partial charge is 0.508 e. The maximum atomic E-state index is 15.0. The van der Waals surface area contributed by atoms with E-state index in [0.29, 0.717) is 24.3 Å². The Morgan fingerprint density at radius 3 is 1.83 bits per heavy atom. The first kappa shape index (κ1) is 35.9. The zero-order valence-corrected chi connectivity index (χ0v) is 23.5. The van der Waals surface area contributed by atoms with E-state index in [-0.39, 0.29) is 41.6 Å². The minimum atomic E-state index is -5.41.